The Labute approximate surface area is 138 Å². The van der Waals surface area contributed by atoms with Gasteiger partial charge in [-0.2, -0.15) is 0 Å². The van der Waals surface area contributed by atoms with Crippen LogP contribution in [-0.2, 0) is 20.4 Å². The van der Waals surface area contributed by atoms with Crippen LogP contribution in [0, 0.1) is 5.92 Å². The third-order valence-corrected chi connectivity index (χ3v) is 5.88. The van der Waals surface area contributed by atoms with Gasteiger partial charge in [-0.3, -0.25) is 4.79 Å². The van der Waals surface area contributed by atoms with Gasteiger partial charge in [0.25, 0.3) is 0 Å². The van der Waals surface area contributed by atoms with Crippen molar-refractivity contribution < 1.29 is 13.2 Å². The van der Waals surface area contributed by atoms with Gasteiger partial charge >= 0.3 is 0 Å². The number of halogens is 1. The second kappa shape index (κ2) is 7.94. The normalized spacial score (nSPS) is 18.0. The molecular weight excluding hydrogens is 324 g/mol. The van der Waals surface area contributed by atoms with Crippen LogP contribution in [0.5, 0.6) is 0 Å². The van der Waals surface area contributed by atoms with Crippen LogP contribution in [0.15, 0.2) is 24.3 Å². The zero-order valence-electron chi connectivity index (χ0n) is 12.8. The smallest absolute Gasteiger partial charge is 0.228 e. The van der Waals surface area contributed by atoms with E-state index in [1.807, 2.05) is 0 Å². The van der Waals surface area contributed by atoms with E-state index in [1.54, 1.807) is 38.1 Å². The lowest BCUT2D eigenvalue weighted by Gasteiger charge is -2.12. The van der Waals surface area contributed by atoms with Crippen molar-refractivity contribution in [1.82, 2.24) is 5.32 Å². The van der Waals surface area contributed by atoms with Gasteiger partial charge in [0, 0.05) is 12.2 Å². The van der Waals surface area contributed by atoms with Crippen LogP contribution >= 0.6 is 12.4 Å². The third kappa shape index (κ3) is 4.97. The molecular formula is C15H23ClN2O3S. The summed E-state index contributed by atoms with van der Waals surface area (Å²) in [4.78, 5) is 12.1. The number of benzene rings is 1. The minimum Gasteiger partial charge on any atom is -0.326 e. The highest BCUT2D eigenvalue weighted by Crippen LogP contribution is 2.17. The van der Waals surface area contributed by atoms with E-state index in [1.165, 1.54) is 0 Å². The molecule has 1 unspecified atom stereocenters. The molecule has 7 heteroatoms. The minimum atomic E-state index is -3.13. The molecule has 0 bridgehead atoms. The molecule has 0 radical (unpaired) electrons. The van der Waals surface area contributed by atoms with E-state index in [-0.39, 0.29) is 30.0 Å². The third-order valence-electron chi connectivity index (χ3n) is 3.71. The minimum absolute atomic E-state index is 0. The molecule has 1 heterocycles. The van der Waals surface area contributed by atoms with E-state index in [4.69, 9.17) is 0 Å². The zero-order valence-corrected chi connectivity index (χ0v) is 14.5. The van der Waals surface area contributed by atoms with Crippen molar-refractivity contribution in [2.75, 3.05) is 18.4 Å². The maximum Gasteiger partial charge on any atom is 0.228 e. The maximum absolute atomic E-state index is 12.1. The van der Waals surface area contributed by atoms with Crippen LogP contribution in [0.4, 0.5) is 5.69 Å². The molecule has 124 valence electrons. The van der Waals surface area contributed by atoms with E-state index in [0.717, 1.165) is 13.0 Å². The lowest BCUT2D eigenvalue weighted by atomic mass is 10.1. The first kappa shape index (κ1) is 18.9. The predicted molar refractivity (Wildman–Crippen MR) is 91.1 cm³/mol. The van der Waals surface area contributed by atoms with E-state index < -0.39 is 15.1 Å². The van der Waals surface area contributed by atoms with Crippen molar-refractivity contribution in [3.63, 3.8) is 0 Å². The van der Waals surface area contributed by atoms with Crippen molar-refractivity contribution in [2.24, 2.45) is 5.92 Å². The Bertz CT molecular complexity index is 611. The van der Waals surface area contributed by atoms with E-state index >= 15 is 0 Å². The van der Waals surface area contributed by atoms with Gasteiger partial charge in [0.05, 0.1) is 16.9 Å². The maximum atomic E-state index is 12.1. The van der Waals surface area contributed by atoms with Crippen LogP contribution < -0.4 is 10.6 Å². The fourth-order valence-corrected chi connectivity index (χ4v) is 3.24. The summed E-state index contributed by atoms with van der Waals surface area (Å²) in [7, 11) is -3.13. The topological polar surface area (TPSA) is 75.3 Å². The number of amides is 1. The molecule has 1 aliphatic rings. The molecule has 1 amide bonds. The second-order valence-corrected chi connectivity index (χ2v) is 8.29. The average molecular weight is 347 g/mol. The highest BCUT2D eigenvalue weighted by atomic mass is 35.5. The van der Waals surface area contributed by atoms with Gasteiger partial charge in [0.2, 0.25) is 5.91 Å². The first-order valence-corrected chi connectivity index (χ1v) is 8.92. The first-order valence-electron chi connectivity index (χ1n) is 7.20. The molecule has 1 fully saturated rings. The van der Waals surface area contributed by atoms with Crippen LogP contribution in [0.2, 0.25) is 0 Å². The fraction of sp³-hybridized carbons (Fsp3) is 0.533. The quantitative estimate of drug-likeness (QED) is 0.854. The molecule has 1 aromatic rings. The van der Waals surface area contributed by atoms with Crippen LogP contribution in [-0.4, -0.2) is 32.7 Å². The largest absolute Gasteiger partial charge is 0.326 e. The summed E-state index contributed by atoms with van der Waals surface area (Å²) in [6.45, 7) is 4.92. The van der Waals surface area contributed by atoms with Gasteiger partial charge in [-0.1, -0.05) is 12.1 Å². The second-order valence-electron chi connectivity index (χ2n) is 5.74. The Balaban J connectivity index is 0.00000242. The first-order chi connectivity index (χ1) is 9.88. The molecule has 2 rings (SSSR count). The van der Waals surface area contributed by atoms with Gasteiger partial charge in [0.1, 0.15) is 0 Å². The summed E-state index contributed by atoms with van der Waals surface area (Å²) in [5, 5.41) is 5.62. The molecule has 0 saturated carbocycles. The van der Waals surface area contributed by atoms with Crippen molar-refractivity contribution in [1.29, 1.82) is 0 Å². The van der Waals surface area contributed by atoms with Crippen LogP contribution in [0.3, 0.4) is 0 Å². The Morgan fingerprint density at radius 3 is 2.73 bits per heavy atom. The number of nitrogens with one attached hydrogen (secondary N) is 2. The van der Waals surface area contributed by atoms with Gasteiger partial charge in [-0.15, -0.1) is 12.4 Å². The van der Waals surface area contributed by atoms with E-state index in [2.05, 4.69) is 10.6 Å². The van der Waals surface area contributed by atoms with E-state index in [9.17, 15) is 13.2 Å². The predicted octanol–water partition coefficient (Wildman–Crippen LogP) is 1.98. The summed E-state index contributed by atoms with van der Waals surface area (Å²) in [6, 6.07) is 7.06. The lowest BCUT2D eigenvalue weighted by molar-refractivity contribution is -0.119. The molecule has 22 heavy (non-hydrogen) atoms. The molecule has 0 aliphatic carbocycles. The highest BCUT2D eigenvalue weighted by Gasteiger charge is 2.22. The van der Waals surface area contributed by atoms with Gasteiger partial charge in [-0.25, -0.2) is 8.42 Å². The molecule has 2 N–H and O–H groups in total. The highest BCUT2D eigenvalue weighted by molar-refractivity contribution is 7.91. The Morgan fingerprint density at radius 2 is 2.14 bits per heavy atom. The van der Waals surface area contributed by atoms with E-state index in [0.29, 0.717) is 17.8 Å². The number of anilines is 1. The summed E-state index contributed by atoms with van der Waals surface area (Å²) < 4.78 is 23.9. The number of rotatable bonds is 5. The Hall–Kier alpha value is -1.11. The number of carbonyl (C=O) groups excluding carboxylic acids is 1. The molecule has 0 spiro atoms. The summed E-state index contributed by atoms with van der Waals surface area (Å²) >= 11 is 0. The molecule has 5 nitrogen and oxygen atoms in total. The van der Waals surface area contributed by atoms with Crippen molar-refractivity contribution in [3.8, 4) is 0 Å². The Morgan fingerprint density at radius 1 is 1.41 bits per heavy atom. The number of sulfone groups is 1. The molecule has 1 aromatic carbocycles. The van der Waals surface area contributed by atoms with Gasteiger partial charge in [-0.05, 0) is 44.5 Å². The zero-order chi connectivity index (χ0) is 15.5. The van der Waals surface area contributed by atoms with Crippen molar-refractivity contribution in [3.05, 3.63) is 29.8 Å². The standard InChI is InChI=1S/C15H22N2O3S.ClH/c1-11(2)21(19,20)10-12-4-3-5-14(8-12)17-15(18)13-6-7-16-9-13;/h3-5,8,11,13,16H,6-7,9-10H2,1-2H3,(H,17,18);1H. The molecule has 0 aromatic heterocycles. The van der Waals surface area contributed by atoms with Gasteiger partial charge < -0.3 is 10.6 Å². The summed E-state index contributed by atoms with van der Waals surface area (Å²) in [5.74, 6) is -0.0174. The van der Waals surface area contributed by atoms with Crippen molar-refractivity contribution >= 4 is 33.8 Å². The average Bonchev–Trinajstić information content (AvgIpc) is 2.92. The summed E-state index contributed by atoms with van der Waals surface area (Å²) in [6.07, 6.45) is 0.841. The van der Waals surface area contributed by atoms with Crippen molar-refractivity contribution in [2.45, 2.75) is 31.3 Å². The Kier molecular flexibility index (Phi) is 6.84. The van der Waals surface area contributed by atoms with Crippen LogP contribution in [0.25, 0.3) is 0 Å². The SMILES string of the molecule is CC(C)S(=O)(=O)Cc1cccc(NC(=O)C2CCNC2)c1.Cl. The molecule has 1 atom stereocenters. The summed E-state index contributed by atoms with van der Waals surface area (Å²) in [5.41, 5.74) is 1.36. The number of hydrogen-bond acceptors (Lipinski definition) is 4. The van der Waals surface area contributed by atoms with Gasteiger partial charge in [0.15, 0.2) is 9.84 Å². The molecule has 1 aliphatic heterocycles. The lowest BCUT2D eigenvalue weighted by Crippen LogP contribution is -2.24. The fourth-order valence-electron chi connectivity index (χ4n) is 2.26. The van der Waals surface area contributed by atoms with Crippen LogP contribution in [0.1, 0.15) is 25.8 Å². The molecule has 1 saturated heterocycles. The number of carbonyl (C=O) groups is 1. The number of hydrogen-bond donors (Lipinski definition) is 2. The monoisotopic (exact) mass is 346 g/mol.